The summed E-state index contributed by atoms with van der Waals surface area (Å²) < 4.78 is 0. The third-order valence-corrected chi connectivity index (χ3v) is 4.44. The molecule has 4 unspecified atom stereocenters. The van der Waals surface area contributed by atoms with Crippen LogP contribution in [0.15, 0.2) is 0 Å². The summed E-state index contributed by atoms with van der Waals surface area (Å²) in [7, 11) is 0. The van der Waals surface area contributed by atoms with Gasteiger partial charge >= 0.3 is 0 Å². The molecule has 0 aromatic heterocycles. The second kappa shape index (κ2) is 6.39. The van der Waals surface area contributed by atoms with Gasteiger partial charge in [0.1, 0.15) is 0 Å². The van der Waals surface area contributed by atoms with Gasteiger partial charge in [0.05, 0.1) is 0 Å². The Morgan fingerprint density at radius 1 is 1.35 bits per heavy atom. The van der Waals surface area contributed by atoms with E-state index in [9.17, 15) is 4.79 Å². The van der Waals surface area contributed by atoms with Crippen molar-refractivity contribution < 1.29 is 4.79 Å². The Balaban J connectivity index is 2.41. The lowest BCUT2D eigenvalue weighted by Gasteiger charge is -2.33. The van der Waals surface area contributed by atoms with Crippen molar-refractivity contribution in [1.82, 2.24) is 5.32 Å². The van der Waals surface area contributed by atoms with Gasteiger partial charge < -0.3 is 11.1 Å². The molecule has 0 radical (unpaired) electrons. The second-order valence-corrected chi connectivity index (χ2v) is 6.03. The SMILES string of the molecule is CC(C)C(C)CNC(=O)C1CCCC(N)C1C. The van der Waals surface area contributed by atoms with Gasteiger partial charge in [-0.1, -0.05) is 34.1 Å². The molecule has 0 spiro atoms. The van der Waals surface area contributed by atoms with Crippen LogP contribution in [0.2, 0.25) is 0 Å². The van der Waals surface area contributed by atoms with Crippen LogP contribution in [0.25, 0.3) is 0 Å². The Labute approximate surface area is 106 Å². The first kappa shape index (κ1) is 14.5. The van der Waals surface area contributed by atoms with Crippen LogP contribution in [0.1, 0.15) is 47.0 Å². The van der Waals surface area contributed by atoms with Gasteiger partial charge in [-0.05, 0) is 30.6 Å². The van der Waals surface area contributed by atoms with E-state index in [-0.39, 0.29) is 17.9 Å². The van der Waals surface area contributed by atoms with Crippen molar-refractivity contribution >= 4 is 5.91 Å². The van der Waals surface area contributed by atoms with Crippen molar-refractivity contribution in [3.63, 3.8) is 0 Å². The van der Waals surface area contributed by atoms with Gasteiger partial charge in [0, 0.05) is 18.5 Å². The molecule has 0 aliphatic heterocycles. The first-order valence-electron chi connectivity index (χ1n) is 6.96. The van der Waals surface area contributed by atoms with Gasteiger partial charge in [0.25, 0.3) is 0 Å². The van der Waals surface area contributed by atoms with E-state index in [0.717, 1.165) is 25.8 Å². The van der Waals surface area contributed by atoms with Crippen molar-refractivity contribution in [3.05, 3.63) is 0 Å². The molecule has 1 fully saturated rings. The van der Waals surface area contributed by atoms with E-state index >= 15 is 0 Å². The Hall–Kier alpha value is -0.570. The zero-order valence-corrected chi connectivity index (χ0v) is 11.7. The Kier molecular flexibility index (Phi) is 5.44. The van der Waals surface area contributed by atoms with E-state index in [1.807, 2.05) is 0 Å². The van der Waals surface area contributed by atoms with Crippen molar-refractivity contribution in [3.8, 4) is 0 Å². The van der Waals surface area contributed by atoms with Gasteiger partial charge in [0.15, 0.2) is 0 Å². The van der Waals surface area contributed by atoms with Crippen molar-refractivity contribution in [1.29, 1.82) is 0 Å². The van der Waals surface area contributed by atoms with E-state index in [1.165, 1.54) is 0 Å². The highest BCUT2D eigenvalue weighted by atomic mass is 16.1. The van der Waals surface area contributed by atoms with Gasteiger partial charge in [-0.25, -0.2) is 0 Å². The average Bonchev–Trinajstić information content (AvgIpc) is 2.29. The summed E-state index contributed by atoms with van der Waals surface area (Å²) in [5.41, 5.74) is 6.03. The number of hydrogen-bond acceptors (Lipinski definition) is 2. The fourth-order valence-electron chi connectivity index (χ4n) is 2.40. The molecule has 1 aliphatic rings. The second-order valence-electron chi connectivity index (χ2n) is 6.03. The van der Waals surface area contributed by atoms with Gasteiger partial charge in [-0.15, -0.1) is 0 Å². The zero-order valence-electron chi connectivity index (χ0n) is 11.7. The van der Waals surface area contributed by atoms with E-state index in [2.05, 4.69) is 33.0 Å². The predicted octanol–water partition coefficient (Wildman–Crippen LogP) is 2.16. The molecule has 1 amide bonds. The highest BCUT2D eigenvalue weighted by molar-refractivity contribution is 5.79. The van der Waals surface area contributed by atoms with E-state index in [1.54, 1.807) is 0 Å². The van der Waals surface area contributed by atoms with Crippen LogP contribution in [0.4, 0.5) is 0 Å². The number of carbonyl (C=O) groups excluding carboxylic acids is 1. The molecule has 0 saturated heterocycles. The molecular formula is C14H28N2O. The first-order chi connectivity index (χ1) is 7.93. The molecule has 3 N–H and O–H groups in total. The smallest absolute Gasteiger partial charge is 0.223 e. The molecule has 3 nitrogen and oxygen atoms in total. The highest BCUT2D eigenvalue weighted by Gasteiger charge is 2.32. The number of amides is 1. The van der Waals surface area contributed by atoms with Gasteiger partial charge in [-0.2, -0.15) is 0 Å². The van der Waals surface area contributed by atoms with Crippen LogP contribution in [-0.2, 0) is 4.79 Å². The lowest BCUT2D eigenvalue weighted by atomic mass is 9.77. The maximum Gasteiger partial charge on any atom is 0.223 e. The Bertz CT molecular complexity index is 253. The van der Waals surface area contributed by atoms with Crippen molar-refractivity contribution in [2.24, 2.45) is 29.4 Å². The van der Waals surface area contributed by atoms with Gasteiger partial charge in [0.2, 0.25) is 5.91 Å². The zero-order chi connectivity index (χ0) is 13.0. The minimum absolute atomic E-state index is 0.123. The Morgan fingerprint density at radius 3 is 2.59 bits per heavy atom. The van der Waals surface area contributed by atoms with Crippen LogP contribution in [0.3, 0.4) is 0 Å². The topological polar surface area (TPSA) is 55.1 Å². The number of carbonyl (C=O) groups is 1. The maximum absolute atomic E-state index is 12.1. The molecule has 1 aliphatic carbocycles. The van der Waals surface area contributed by atoms with E-state index in [4.69, 9.17) is 5.73 Å². The Morgan fingerprint density at radius 2 is 2.00 bits per heavy atom. The van der Waals surface area contributed by atoms with Crippen LogP contribution in [-0.4, -0.2) is 18.5 Å². The number of nitrogens with one attached hydrogen (secondary N) is 1. The maximum atomic E-state index is 12.1. The molecule has 17 heavy (non-hydrogen) atoms. The molecule has 100 valence electrons. The molecule has 1 rings (SSSR count). The first-order valence-corrected chi connectivity index (χ1v) is 6.96. The summed E-state index contributed by atoms with van der Waals surface area (Å²) in [6, 6.07) is 0.196. The normalized spacial score (nSPS) is 31.3. The minimum atomic E-state index is 0.123. The fourth-order valence-corrected chi connectivity index (χ4v) is 2.40. The standard InChI is InChI=1S/C14H28N2O/c1-9(2)10(3)8-16-14(17)12-6-5-7-13(15)11(12)4/h9-13H,5-8,15H2,1-4H3,(H,16,17). The summed E-state index contributed by atoms with van der Waals surface area (Å²) in [6.45, 7) is 9.46. The van der Waals surface area contributed by atoms with Gasteiger partial charge in [-0.3, -0.25) is 4.79 Å². The summed E-state index contributed by atoms with van der Waals surface area (Å²) in [4.78, 5) is 12.1. The summed E-state index contributed by atoms with van der Waals surface area (Å²) in [5.74, 6) is 1.80. The van der Waals surface area contributed by atoms with Crippen LogP contribution >= 0.6 is 0 Å². The summed E-state index contributed by atoms with van der Waals surface area (Å²) in [5, 5.41) is 3.09. The fraction of sp³-hybridized carbons (Fsp3) is 0.929. The van der Waals surface area contributed by atoms with Crippen LogP contribution in [0.5, 0.6) is 0 Å². The monoisotopic (exact) mass is 240 g/mol. The molecule has 0 heterocycles. The third kappa shape index (κ3) is 3.98. The lowest BCUT2D eigenvalue weighted by molar-refractivity contribution is -0.128. The number of rotatable bonds is 4. The molecule has 1 saturated carbocycles. The largest absolute Gasteiger partial charge is 0.356 e. The average molecular weight is 240 g/mol. The summed E-state index contributed by atoms with van der Waals surface area (Å²) in [6.07, 6.45) is 3.15. The van der Waals surface area contributed by atoms with E-state index < -0.39 is 0 Å². The van der Waals surface area contributed by atoms with Crippen LogP contribution < -0.4 is 11.1 Å². The minimum Gasteiger partial charge on any atom is -0.356 e. The quantitative estimate of drug-likeness (QED) is 0.791. The molecule has 3 heteroatoms. The summed E-state index contributed by atoms with van der Waals surface area (Å²) >= 11 is 0. The van der Waals surface area contributed by atoms with Crippen LogP contribution in [0, 0.1) is 23.7 Å². The lowest BCUT2D eigenvalue weighted by Crippen LogP contribution is -2.45. The number of nitrogens with two attached hydrogens (primary N) is 1. The molecular weight excluding hydrogens is 212 g/mol. The number of hydrogen-bond donors (Lipinski definition) is 2. The highest BCUT2D eigenvalue weighted by Crippen LogP contribution is 2.29. The molecule has 4 atom stereocenters. The predicted molar refractivity (Wildman–Crippen MR) is 71.5 cm³/mol. The van der Waals surface area contributed by atoms with Crippen molar-refractivity contribution in [2.75, 3.05) is 6.54 Å². The van der Waals surface area contributed by atoms with E-state index in [0.29, 0.717) is 17.8 Å². The van der Waals surface area contributed by atoms with Crippen molar-refractivity contribution in [2.45, 2.75) is 53.0 Å². The third-order valence-electron chi connectivity index (χ3n) is 4.44. The molecule has 0 aromatic rings. The molecule has 0 aromatic carbocycles. The molecule has 0 bridgehead atoms.